The predicted molar refractivity (Wildman–Crippen MR) is 120 cm³/mol. The summed E-state index contributed by atoms with van der Waals surface area (Å²) in [5.41, 5.74) is 7.04. The number of anilines is 1. The summed E-state index contributed by atoms with van der Waals surface area (Å²) >= 11 is 0. The third-order valence-corrected chi connectivity index (χ3v) is 5.13. The van der Waals surface area contributed by atoms with Gasteiger partial charge in [0.15, 0.2) is 0 Å². The van der Waals surface area contributed by atoms with Gasteiger partial charge >= 0.3 is 0 Å². The Labute approximate surface area is 176 Å². The minimum Gasteiger partial charge on any atom is -0.360 e. The molecule has 3 rings (SSSR count). The van der Waals surface area contributed by atoms with Crippen molar-refractivity contribution in [1.82, 2.24) is 5.43 Å². The number of allylic oxidation sites excluding steroid dienone is 1. The van der Waals surface area contributed by atoms with E-state index in [0.717, 1.165) is 11.1 Å². The fourth-order valence-electron chi connectivity index (χ4n) is 4.06. The molecule has 1 aliphatic rings. The van der Waals surface area contributed by atoms with Crippen molar-refractivity contribution >= 4 is 29.1 Å². The van der Waals surface area contributed by atoms with E-state index in [1.165, 1.54) is 35.5 Å². The van der Waals surface area contributed by atoms with Gasteiger partial charge in [-0.2, -0.15) is 5.10 Å². The van der Waals surface area contributed by atoms with Crippen molar-refractivity contribution in [2.75, 3.05) is 4.90 Å². The van der Waals surface area contributed by atoms with Crippen LogP contribution in [0.15, 0.2) is 53.6 Å². The molecule has 0 saturated heterocycles. The fourth-order valence-corrected chi connectivity index (χ4v) is 4.06. The number of amides is 1. The van der Waals surface area contributed by atoms with Gasteiger partial charge in [-0.3, -0.25) is 14.9 Å². The molecular weight excluding hydrogens is 380 g/mol. The molecule has 7 nitrogen and oxygen atoms in total. The maximum atomic E-state index is 12.2. The number of nitro groups is 1. The monoisotopic (exact) mass is 406 g/mol. The molecule has 2 aromatic rings. The molecule has 7 heteroatoms. The highest BCUT2D eigenvalue weighted by molar-refractivity contribution is 5.95. The highest BCUT2D eigenvalue weighted by Crippen LogP contribution is 2.40. The van der Waals surface area contributed by atoms with Gasteiger partial charge in [-0.1, -0.05) is 12.1 Å². The summed E-state index contributed by atoms with van der Waals surface area (Å²) in [5, 5.41) is 14.7. The van der Waals surface area contributed by atoms with E-state index < -0.39 is 10.8 Å². The molecule has 0 aliphatic carbocycles. The molecule has 0 fully saturated rings. The number of rotatable bonds is 5. The molecule has 0 saturated carbocycles. The van der Waals surface area contributed by atoms with Crippen molar-refractivity contribution in [1.29, 1.82) is 0 Å². The van der Waals surface area contributed by atoms with Crippen molar-refractivity contribution in [2.24, 2.45) is 5.10 Å². The lowest BCUT2D eigenvalue weighted by atomic mass is 9.87. The molecule has 0 radical (unpaired) electrons. The summed E-state index contributed by atoms with van der Waals surface area (Å²) < 4.78 is 0. The Morgan fingerprint density at radius 3 is 2.47 bits per heavy atom. The molecule has 1 N–H and O–H groups in total. The third kappa shape index (κ3) is 4.25. The number of nitrogens with zero attached hydrogens (tertiary/aromatic N) is 3. The van der Waals surface area contributed by atoms with E-state index in [9.17, 15) is 14.9 Å². The second kappa shape index (κ2) is 8.10. The van der Waals surface area contributed by atoms with Crippen LogP contribution < -0.4 is 10.3 Å². The van der Waals surface area contributed by atoms with Crippen LogP contribution in [0.25, 0.3) is 5.57 Å². The first-order valence-electron chi connectivity index (χ1n) is 9.81. The highest BCUT2D eigenvalue weighted by atomic mass is 16.6. The molecule has 0 spiro atoms. The van der Waals surface area contributed by atoms with Crippen LogP contribution >= 0.6 is 0 Å². The van der Waals surface area contributed by atoms with Crippen LogP contribution in [0.4, 0.5) is 11.4 Å². The summed E-state index contributed by atoms with van der Waals surface area (Å²) in [4.78, 5) is 24.8. The fraction of sp³-hybridized carbons (Fsp3) is 0.304. The molecule has 1 amide bonds. The second-order valence-corrected chi connectivity index (χ2v) is 8.22. The summed E-state index contributed by atoms with van der Waals surface area (Å²) in [6.45, 7) is 10.9. The molecule has 156 valence electrons. The van der Waals surface area contributed by atoms with Gasteiger partial charge in [-0.15, -0.1) is 0 Å². The number of carbonyl (C=O) groups is 1. The van der Waals surface area contributed by atoms with E-state index in [1.807, 2.05) is 6.07 Å². The lowest BCUT2D eigenvalue weighted by Gasteiger charge is -2.46. The van der Waals surface area contributed by atoms with Gasteiger partial charge in [-0.25, -0.2) is 5.43 Å². The lowest BCUT2D eigenvalue weighted by Crippen LogP contribution is -2.49. The van der Waals surface area contributed by atoms with E-state index in [2.05, 4.69) is 68.3 Å². The Bertz CT molecular complexity index is 1040. The number of benzene rings is 2. The lowest BCUT2D eigenvalue weighted by molar-refractivity contribution is -0.384. The average molecular weight is 406 g/mol. The molecule has 1 heterocycles. The zero-order chi connectivity index (χ0) is 22.1. The number of non-ortho nitro benzene ring substituents is 1. The summed E-state index contributed by atoms with van der Waals surface area (Å²) in [6, 6.07) is 11.9. The number of nitro benzene ring substituents is 1. The van der Waals surface area contributed by atoms with Crippen molar-refractivity contribution in [2.45, 2.75) is 46.2 Å². The topological polar surface area (TPSA) is 87.8 Å². The van der Waals surface area contributed by atoms with Crippen molar-refractivity contribution in [3.63, 3.8) is 0 Å². The Hall–Kier alpha value is -3.48. The Kier molecular flexibility index (Phi) is 5.73. The maximum Gasteiger partial charge on any atom is 0.271 e. The number of nitrogens with one attached hydrogen (secondary N) is 1. The van der Waals surface area contributed by atoms with E-state index >= 15 is 0 Å². The standard InChI is InChI=1S/C23H26N4O3/c1-15(2)26-21-11-6-17(12-20(21)16(3)13-23(26,4)5)14-24-25-22(28)18-7-9-19(10-8-18)27(29)30/h6-15H,1-5H3,(H,25,28)/b24-14+. The SMILES string of the molecule is CC1=CC(C)(C)N(C(C)C)c2ccc(/C=N/NC(=O)c3ccc([N+](=O)[O-])cc3)cc21. The molecule has 30 heavy (non-hydrogen) atoms. The largest absolute Gasteiger partial charge is 0.360 e. The highest BCUT2D eigenvalue weighted by Gasteiger charge is 2.32. The van der Waals surface area contributed by atoms with E-state index in [-0.39, 0.29) is 11.2 Å². The van der Waals surface area contributed by atoms with Crippen molar-refractivity contribution < 1.29 is 9.72 Å². The minimum absolute atomic E-state index is 0.0637. The van der Waals surface area contributed by atoms with Gasteiger partial charge in [-0.05, 0) is 70.0 Å². The number of hydrazone groups is 1. The molecule has 0 aromatic heterocycles. The quantitative estimate of drug-likeness (QED) is 0.440. The second-order valence-electron chi connectivity index (χ2n) is 8.22. The smallest absolute Gasteiger partial charge is 0.271 e. The van der Waals surface area contributed by atoms with Crippen LogP contribution in [0.5, 0.6) is 0 Å². The predicted octanol–water partition coefficient (Wildman–Crippen LogP) is 4.77. The Balaban J connectivity index is 1.77. The zero-order valence-corrected chi connectivity index (χ0v) is 17.8. The van der Waals surface area contributed by atoms with E-state index in [4.69, 9.17) is 0 Å². The van der Waals surface area contributed by atoms with Gasteiger partial charge in [0.05, 0.1) is 16.7 Å². The first-order valence-corrected chi connectivity index (χ1v) is 9.81. The molecular formula is C23H26N4O3. The van der Waals surface area contributed by atoms with Gasteiger partial charge in [0.25, 0.3) is 11.6 Å². The van der Waals surface area contributed by atoms with E-state index in [0.29, 0.717) is 11.6 Å². The van der Waals surface area contributed by atoms with Gasteiger partial charge in [0.1, 0.15) is 0 Å². The normalized spacial score (nSPS) is 15.1. The maximum absolute atomic E-state index is 12.2. The van der Waals surface area contributed by atoms with Crippen LogP contribution in [-0.4, -0.2) is 28.6 Å². The van der Waals surface area contributed by atoms with Crippen LogP contribution in [0.1, 0.15) is 56.1 Å². The molecule has 0 unspecified atom stereocenters. The van der Waals surface area contributed by atoms with Crippen LogP contribution in [0.2, 0.25) is 0 Å². The van der Waals surface area contributed by atoms with Crippen molar-refractivity contribution in [3.05, 3.63) is 75.3 Å². The van der Waals surface area contributed by atoms with Crippen LogP contribution in [0, 0.1) is 10.1 Å². The van der Waals surface area contributed by atoms with Crippen LogP contribution in [0.3, 0.4) is 0 Å². The summed E-state index contributed by atoms with van der Waals surface area (Å²) in [6.07, 6.45) is 3.86. The van der Waals surface area contributed by atoms with E-state index in [1.54, 1.807) is 6.21 Å². The first kappa shape index (κ1) is 21.2. The number of hydrogen-bond donors (Lipinski definition) is 1. The van der Waals surface area contributed by atoms with Crippen molar-refractivity contribution in [3.8, 4) is 0 Å². The molecule has 1 aliphatic heterocycles. The Morgan fingerprint density at radius 2 is 1.87 bits per heavy atom. The van der Waals surface area contributed by atoms with Gasteiger partial charge in [0.2, 0.25) is 0 Å². The molecule has 0 bridgehead atoms. The zero-order valence-electron chi connectivity index (χ0n) is 17.8. The van der Waals surface area contributed by atoms with Gasteiger partial charge < -0.3 is 4.90 Å². The molecule has 2 aromatic carbocycles. The third-order valence-electron chi connectivity index (χ3n) is 5.13. The Morgan fingerprint density at radius 1 is 1.20 bits per heavy atom. The number of fused-ring (bicyclic) bond motifs is 1. The average Bonchev–Trinajstić information content (AvgIpc) is 2.67. The number of carbonyl (C=O) groups excluding carboxylic acids is 1. The van der Waals surface area contributed by atoms with Crippen LogP contribution in [-0.2, 0) is 0 Å². The summed E-state index contributed by atoms with van der Waals surface area (Å²) in [7, 11) is 0. The molecule has 0 atom stereocenters. The minimum atomic E-state index is -0.506. The number of hydrogen-bond acceptors (Lipinski definition) is 5. The summed E-state index contributed by atoms with van der Waals surface area (Å²) in [5.74, 6) is -0.428. The first-order chi connectivity index (χ1) is 14.1. The van der Waals surface area contributed by atoms with Gasteiger partial charge in [0, 0.05) is 35.0 Å².